The quantitative estimate of drug-likeness (QED) is 0.837. The first-order valence-corrected chi connectivity index (χ1v) is 5.10. The first kappa shape index (κ1) is 9.45. The first-order valence-electron chi connectivity index (χ1n) is 4.30. The van der Waals surface area contributed by atoms with Gasteiger partial charge in [0, 0.05) is 17.1 Å². The third-order valence-electron chi connectivity index (χ3n) is 2.04. The van der Waals surface area contributed by atoms with Crippen molar-refractivity contribution in [3.63, 3.8) is 0 Å². The molecule has 0 saturated carbocycles. The zero-order valence-corrected chi connectivity index (χ0v) is 8.95. The summed E-state index contributed by atoms with van der Waals surface area (Å²) in [6.45, 7) is 0.453. The van der Waals surface area contributed by atoms with E-state index >= 15 is 0 Å². The van der Waals surface area contributed by atoms with Gasteiger partial charge in [-0.25, -0.2) is 4.79 Å². The molecule has 0 bridgehead atoms. The highest BCUT2D eigenvalue weighted by Gasteiger charge is 2.21. The fourth-order valence-electron chi connectivity index (χ4n) is 1.34. The van der Waals surface area contributed by atoms with Crippen molar-refractivity contribution in [3.8, 4) is 0 Å². The molecule has 1 aliphatic heterocycles. The van der Waals surface area contributed by atoms with Crippen LogP contribution in [0.5, 0.6) is 0 Å². The van der Waals surface area contributed by atoms with Crippen molar-refractivity contribution < 1.29 is 9.53 Å². The summed E-state index contributed by atoms with van der Waals surface area (Å²) in [5.41, 5.74) is 0.866. The van der Waals surface area contributed by atoms with Crippen LogP contribution in [0.2, 0.25) is 0 Å². The molecule has 0 aliphatic carbocycles. The minimum atomic E-state index is -0.369. The molecule has 0 spiro atoms. The molecule has 5 heteroatoms. The zero-order valence-electron chi connectivity index (χ0n) is 7.37. The van der Waals surface area contributed by atoms with Crippen LogP contribution in [-0.4, -0.2) is 17.7 Å². The molecule has 1 unspecified atom stereocenters. The second-order valence-electron chi connectivity index (χ2n) is 3.02. The highest BCUT2D eigenvalue weighted by Crippen LogP contribution is 2.19. The van der Waals surface area contributed by atoms with E-state index in [0.717, 1.165) is 16.6 Å². The number of pyridine rings is 1. The number of hydrogen-bond acceptors (Lipinski definition) is 3. The Morgan fingerprint density at radius 3 is 3.07 bits per heavy atom. The third kappa shape index (κ3) is 2.04. The van der Waals surface area contributed by atoms with Crippen LogP contribution >= 0.6 is 15.9 Å². The van der Waals surface area contributed by atoms with Crippen molar-refractivity contribution in [2.45, 2.75) is 12.5 Å². The van der Waals surface area contributed by atoms with Gasteiger partial charge in [0.15, 0.2) is 0 Å². The fraction of sp³-hybridized carbons (Fsp3) is 0.333. The number of aromatic nitrogens is 1. The van der Waals surface area contributed by atoms with Gasteiger partial charge in [0.05, 0.1) is 18.3 Å². The molecule has 1 aliphatic rings. The maximum Gasteiger partial charge on any atom is 0.407 e. The van der Waals surface area contributed by atoms with E-state index < -0.39 is 0 Å². The number of amides is 1. The van der Waals surface area contributed by atoms with Crippen molar-refractivity contribution >= 4 is 22.0 Å². The van der Waals surface area contributed by atoms with E-state index in [1.54, 1.807) is 6.20 Å². The van der Waals surface area contributed by atoms with Gasteiger partial charge in [-0.15, -0.1) is 0 Å². The molecule has 1 N–H and O–H groups in total. The molecule has 1 aromatic rings. The fourth-order valence-corrected chi connectivity index (χ4v) is 1.58. The Morgan fingerprint density at radius 1 is 1.57 bits per heavy atom. The van der Waals surface area contributed by atoms with Crippen LogP contribution in [0.3, 0.4) is 0 Å². The van der Waals surface area contributed by atoms with Crippen LogP contribution in [0.4, 0.5) is 4.79 Å². The number of nitrogens with zero attached hydrogens (tertiary/aromatic N) is 1. The van der Waals surface area contributed by atoms with Crippen molar-refractivity contribution in [3.05, 3.63) is 28.5 Å². The summed E-state index contributed by atoms with van der Waals surface area (Å²) in [6, 6.07) is 3.77. The van der Waals surface area contributed by atoms with E-state index in [1.165, 1.54) is 0 Å². The van der Waals surface area contributed by atoms with Gasteiger partial charge in [0.25, 0.3) is 0 Å². The minimum absolute atomic E-state index is 0.0238. The summed E-state index contributed by atoms with van der Waals surface area (Å²) >= 11 is 3.31. The van der Waals surface area contributed by atoms with Crippen molar-refractivity contribution in [1.29, 1.82) is 0 Å². The van der Waals surface area contributed by atoms with E-state index in [9.17, 15) is 4.79 Å². The number of cyclic esters (lactones) is 1. The smallest absolute Gasteiger partial charge is 0.407 e. The van der Waals surface area contributed by atoms with Gasteiger partial charge in [0.2, 0.25) is 0 Å². The molecule has 1 amide bonds. The van der Waals surface area contributed by atoms with Gasteiger partial charge in [0.1, 0.15) is 0 Å². The Hall–Kier alpha value is -1.10. The van der Waals surface area contributed by atoms with Crippen molar-refractivity contribution in [2.75, 3.05) is 6.61 Å². The largest absolute Gasteiger partial charge is 0.449 e. The Kier molecular flexibility index (Phi) is 2.67. The van der Waals surface area contributed by atoms with E-state index in [-0.39, 0.29) is 12.1 Å². The molecule has 2 rings (SSSR count). The zero-order chi connectivity index (χ0) is 9.97. The van der Waals surface area contributed by atoms with Crippen LogP contribution in [-0.2, 0) is 4.74 Å². The van der Waals surface area contributed by atoms with Gasteiger partial charge in [-0.1, -0.05) is 0 Å². The van der Waals surface area contributed by atoms with E-state index in [0.29, 0.717) is 6.61 Å². The second-order valence-corrected chi connectivity index (χ2v) is 3.94. The predicted molar refractivity (Wildman–Crippen MR) is 53.8 cm³/mol. The van der Waals surface area contributed by atoms with Crippen LogP contribution in [0.1, 0.15) is 18.2 Å². The maximum atomic E-state index is 10.9. The number of alkyl carbamates (subject to hydrolysis) is 1. The predicted octanol–water partition coefficient (Wildman–Crippen LogP) is 2.02. The molecular formula is C9H9BrN2O2. The first-order chi connectivity index (χ1) is 6.75. The molecule has 1 aromatic heterocycles. The number of carbonyl (C=O) groups excluding carboxylic acids is 1. The SMILES string of the molecule is O=C1NC(c2ccc(Br)cn2)CCO1. The summed E-state index contributed by atoms with van der Waals surface area (Å²) in [6.07, 6.45) is 2.11. The van der Waals surface area contributed by atoms with Gasteiger partial charge in [-0.2, -0.15) is 0 Å². The number of halogens is 1. The van der Waals surface area contributed by atoms with Crippen LogP contribution < -0.4 is 5.32 Å². The Balaban J connectivity index is 2.14. The lowest BCUT2D eigenvalue weighted by molar-refractivity contribution is 0.115. The summed E-state index contributed by atoms with van der Waals surface area (Å²) in [5, 5.41) is 2.71. The van der Waals surface area contributed by atoms with Crippen LogP contribution in [0, 0.1) is 0 Å². The molecule has 4 nitrogen and oxygen atoms in total. The number of carbonyl (C=O) groups is 1. The monoisotopic (exact) mass is 256 g/mol. The Bertz CT molecular complexity index is 339. The lowest BCUT2D eigenvalue weighted by atomic mass is 10.1. The molecule has 1 atom stereocenters. The second kappa shape index (κ2) is 3.96. The maximum absolute atomic E-state index is 10.9. The molecule has 74 valence electrons. The third-order valence-corrected chi connectivity index (χ3v) is 2.51. The van der Waals surface area contributed by atoms with E-state index in [4.69, 9.17) is 4.74 Å². The Morgan fingerprint density at radius 2 is 2.43 bits per heavy atom. The van der Waals surface area contributed by atoms with Gasteiger partial charge >= 0.3 is 6.09 Å². The number of rotatable bonds is 1. The summed E-state index contributed by atoms with van der Waals surface area (Å²) in [7, 11) is 0. The molecular weight excluding hydrogens is 248 g/mol. The summed E-state index contributed by atoms with van der Waals surface area (Å²) in [5.74, 6) is 0. The number of nitrogens with one attached hydrogen (secondary N) is 1. The lowest BCUT2D eigenvalue weighted by Gasteiger charge is -2.22. The highest BCUT2D eigenvalue weighted by molar-refractivity contribution is 9.10. The van der Waals surface area contributed by atoms with Crippen molar-refractivity contribution in [2.24, 2.45) is 0 Å². The molecule has 1 saturated heterocycles. The standard InChI is InChI=1S/C9H9BrN2O2/c10-6-1-2-7(11-5-6)8-3-4-14-9(13)12-8/h1-2,5,8H,3-4H2,(H,12,13). The molecule has 14 heavy (non-hydrogen) atoms. The molecule has 0 radical (unpaired) electrons. The summed E-state index contributed by atoms with van der Waals surface area (Å²) in [4.78, 5) is 15.2. The van der Waals surface area contributed by atoms with Crippen LogP contribution in [0.25, 0.3) is 0 Å². The molecule has 2 heterocycles. The van der Waals surface area contributed by atoms with Crippen molar-refractivity contribution in [1.82, 2.24) is 10.3 Å². The van der Waals surface area contributed by atoms with E-state index in [1.807, 2.05) is 12.1 Å². The molecule has 0 aromatic carbocycles. The average Bonchev–Trinajstić information content (AvgIpc) is 2.19. The van der Waals surface area contributed by atoms with Gasteiger partial charge in [-0.3, -0.25) is 4.98 Å². The molecule has 1 fully saturated rings. The Labute approximate surface area is 89.8 Å². The van der Waals surface area contributed by atoms with Crippen LogP contribution in [0.15, 0.2) is 22.8 Å². The van der Waals surface area contributed by atoms with Gasteiger partial charge in [-0.05, 0) is 28.1 Å². The number of ether oxygens (including phenoxy) is 1. The highest BCUT2D eigenvalue weighted by atomic mass is 79.9. The lowest BCUT2D eigenvalue weighted by Crippen LogP contribution is -2.35. The number of hydrogen-bond donors (Lipinski definition) is 1. The normalized spacial score (nSPS) is 21.2. The minimum Gasteiger partial charge on any atom is -0.449 e. The summed E-state index contributed by atoms with van der Waals surface area (Å²) < 4.78 is 5.70. The van der Waals surface area contributed by atoms with E-state index in [2.05, 4.69) is 26.2 Å². The topological polar surface area (TPSA) is 51.2 Å². The van der Waals surface area contributed by atoms with Gasteiger partial charge < -0.3 is 10.1 Å². The average molecular weight is 257 g/mol.